The molecule has 136 valence electrons. The van der Waals surface area contributed by atoms with Crippen molar-refractivity contribution in [1.82, 2.24) is 4.98 Å². The van der Waals surface area contributed by atoms with Gasteiger partial charge in [0.1, 0.15) is 16.4 Å². The van der Waals surface area contributed by atoms with Gasteiger partial charge in [-0.25, -0.2) is 17.7 Å². The minimum Gasteiger partial charge on any atom is -0.497 e. The van der Waals surface area contributed by atoms with Gasteiger partial charge in [-0.05, 0) is 19.1 Å². The number of hydrogen-bond acceptors (Lipinski definition) is 7. The van der Waals surface area contributed by atoms with E-state index in [1.54, 1.807) is 25.1 Å². The number of ether oxygens (including phenoxy) is 2. The van der Waals surface area contributed by atoms with Crippen molar-refractivity contribution < 1.29 is 22.7 Å². The number of carbonyl (C=O) groups is 1. The lowest BCUT2D eigenvalue weighted by Crippen LogP contribution is -2.24. The number of aryl methyl sites for hydroxylation is 1. The minimum absolute atomic E-state index is 0.229. The van der Waals surface area contributed by atoms with Gasteiger partial charge in [-0.15, -0.1) is 0 Å². The molecule has 0 bridgehead atoms. The SMILES string of the molecule is COc1ccc(NC(=O)c2sc(N(C)S(C)(=O)=O)nc2C)c(OC)c1. The highest BCUT2D eigenvalue weighted by Crippen LogP contribution is 2.31. The van der Waals surface area contributed by atoms with E-state index in [1.165, 1.54) is 21.3 Å². The van der Waals surface area contributed by atoms with Crippen LogP contribution in [0.5, 0.6) is 11.5 Å². The number of benzene rings is 1. The van der Waals surface area contributed by atoms with E-state index in [4.69, 9.17) is 9.47 Å². The number of carbonyl (C=O) groups excluding carboxylic acids is 1. The molecule has 1 aromatic heterocycles. The summed E-state index contributed by atoms with van der Waals surface area (Å²) >= 11 is 1.00. The number of sulfonamides is 1. The Bertz CT molecular complexity index is 893. The van der Waals surface area contributed by atoms with Gasteiger partial charge in [0.2, 0.25) is 10.0 Å². The van der Waals surface area contributed by atoms with E-state index < -0.39 is 15.9 Å². The highest BCUT2D eigenvalue weighted by atomic mass is 32.2. The molecule has 0 unspecified atom stereocenters. The van der Waals surface area contributed by atoms with Gasteiger partial charge >= 0.3 is 0 Å². The molecule has 10 heteroatoms. The van der Waals surface area contributed by atoms with Crippen LogP contribution in [0.3, 0.4) is 0 Å². The van der Waals surface area contributed by atoms with Crippen LogP contribution in [-0.2, 0) is 10.0 Å². The van der Waals surface area contributed by atoms with Crippen molar-refractivity contribution in [3.63, 3.8) is 0 Å². The topological polar surface area (TPSA) is 97.8 Å². The number of methoxy groups -OCH3 is 2. The van der Waals surface area contributed by atoms with E-state index in [-0.39, 0.29) is 5.13 Å². The molecule has 1 N–H and O–H groups in total. The van der Waals surface area contributed by atoms with Crippen LogP contribution in [0.25, 0.3) is 0 Å². The van der Waals surface area contributed by atoms with Gasteiger partial charge in [0.25, 0.3) is 5.91 Å². The Morgan fingerprint density at radius 1 is 1.28 bits per heavy atom. The number of aromatic nitrogens is 1. The molecule has 0 aliphatic heterocycles. The van der Waals surface area contributed by atoms with E-state index in [0.29, 0.717) is 27.8 Å². The molecule has 1 amide bonds. The maximum atomic E-state index is 12.5. The van der Waals surface area contributed by atoms with Crippen molar-refractivity contribution in [3.8, 4) is 11.5 Å². The largest absolute Gasteiger partial charge is 0.497 e. The fraction of sp³-hybridized carbons (Fsp3) is 0.333. The summed E-state index contributed by atoms with van der Waals surface area (Å²) in [6.07, 6.45) is 1.08. The third kappa shape index (κ3) is 4.20. The molecule has 0 radical (unpaired) electrons. The van der Waals surface area contributed by atoms with E-state index >= 15 is 0 Å². The molecule has 2 rings (SSSR count). The molecule has 1 aromatic carbocycles. The molecule has 2 aromatic rings. The van der Waals surface area contributed by atoms with E-state index in [0.717, 1.165) is 21.9 Å². The Balaban J connectivity index is 2.29. The summed E-state index contributed by atoms with van der Waals surface area (Å²) in [6.45, 7) is 1.65. The summed E-state index contributed by atoms with van der Waals surface area (Å²) in [6, 6.07) is 5.01. The summed E-state index contributed by atoms with van der Waals surface area (Å²) in [5, 5.41) is 2.97. The molecule has 0 atom stereocenters. The normalized spacial score (nSPS) is 11.1. The van der Waals surface area contributed by atoms with E-state index in [9.17, 15) is 13.2 Å². The quantitative estimate of drug-likeness (QED) is 0.818. The van der Waals surface area contributed by atoms with Crippen molar-refractivity contribution in [1.29, 1.82) is 0 Å². The second kappa shape index (κ2) is 7.28. The van der Waals surface area contributed by atoms with Crippen LogP contribution in [0, 0.1) is 6.92 Å². The Labute approximate surface area is 150 Å². The molecule has 0 aliphatic rings. The molecule has 25 heavy (non-hydrogen) atoms. The van der Waals surface area contributed by atoms with E-state index in [1.807, 2.05) is 0 Å². The predicted octanol–water partition coefficient (Wildman–Crippen LogP) is 2.12. The van der Waals surface area contributed by atoms with Gasteiger partial charge in [-0.2, -0.15) is 0 Å². The number of amides is 1. The second-order valence-electron chi connectivity index (χ2n) is 5.16. The van der Waals surface area contributed by atoms with Crippen molar-refractivity contribution in [2.75, 3.05) is 37.1 Å². The summed E-state index contributed by atoms with van der Waals surface area (Å²) < 4.78 is 34.6. The monoisotopic (exact) mass is 385 g/mol. The average molecular weight is 385 g/mol. The van der Waals surface area contributed by atoms with Crippen LogP contribution < -0.4 is 19.1 Å². The molecule has 0 fully saturated rings. The standard InChI is InChI=1S/C15H19N3O5S2/c1-9-13(24-15(16-9)18(2)25(5,20)21)14(19)17-11-7-6-10(22-3)8-12(11)23-4/h6-8H,1-5H3,(H,17,19). The predicted molar refractivity (Wildman–Crippen MR) is 97.6 cm³/mol. The van der Waals surface area contributed by atoms with Gasteiger partial charge in [-0.1, -0.05) is 11.3 Å². The maximum absolute atomic E-state index is 12.5. The van der Waals surface area contributed by atoms with Gasteiger partial charge in [0.15, 0.2) is 5.13 Å². The summed E-state index contributed by atoms with van der Waals surface area (Å²) in [7, 11) is 0.967. The lowest BCUT2D eigenvalue weighted by molar-refractivity contribution is 0.102. The summed E-state index contributed by atoms with van der Waals surface area (Å²) in [5.74, 6) is 0.649. The van der Waals surface area contributed by atoms with Crippen LogP contribution in [-0.4, -0.2) is 46.8 Å². The number of anilines is 2. The summed E-state index contributed by atoms with van der Waals surface area (Å²) in [5.41, 5.74) is 0.916. The van der Waals surface area contributed by atoms with Crippen LogP contribution in [0.15, 0.2) is 18.2 Å². The number of rotatable bonds is 6. The first-order valence-electron chi connectivity index (χ1n) is 7.12. The van der Waals surface area contributed by atoms with Crippen molar-refractivity contribution in [3.05, 3.63) is 28.8 Å². The first-order chi connectivity index (χ1) is 11.7. The van der Waals surface area contributed by atoms with Crippen molar-refractivity contribution >= 4 is 38.1 Å². The van der Waals surface area contributed by atoms with Gasteiger partial charge < -0.3 is 14.8 Å². The average Bonchev–Trinajstić information content (AvgIpc) is 2.95. The van der Waals surface area contributed by atoms with E-state index in [2.05, 4.69) is 10.3 Å². The third-order valence-corrected chi connectivity index (χ3v) is 5.93. The third-order valence-electron chi connectivity index (χ3n) is 3.42. The van der Waals surface area contributed by atoms with Crippen LogP contribution in [0.2, 0.25) is 0 Å². The Morgan fingerprint density at radius 3 is 2.52 bits per heavy atom. The Morgan fingerprint density at radius 2 is 1.96 bits per heavy atom. The maximum Gasteiger partial charge on any atom is 0.267 e. The highest BCUT2D eigenvalue weighted by molar-refractivity contribution is 7.92. The first kappa shape index (κ1) is 19.0. The zero-order valence-corrected chi connectivity index (χ0v) is 16.1. The highest BCUT2D eigenvalue weighted by Gasteiger charge is 2.22. The fourth-order valence-corrected chi connectivity index (χ4v) is 3.62. The smallest absolute Gasteiger partial charge is 0.267 e. The molecule has 0 saturated carbocycles. The molecule has 0 aliphatic carbocycles. The molecular weight excluding hydrogens is 366 g/mol. The second-order valence-corrected chi connectivity index (χ2v) is 8.15. The van der Waals surface area contributed by atoms with Gasteiger partial charge in [0, 0.05) is 13.1 Å². The minimum atomic E-state index is -3.45. The number of nitrogens with zero attached hydrogens (tertiary/aromatic N) is 2. The molecule has 1 heterocycles. The van der Waals surface area contributed by atoms with Crippen LogP contribution >= 0.6 is 11.3 Å². The fourth-order valence-electron chi connectivity index (χ4n) is 1.95. The Hall–Kier alpha value is -2.33. The molecular formula is C15H19N3O5S2. The first-order valence-corrected chi connectivity index (χ1v) is 9.78. The number of hydrogen-bond donors (Lipinski definition) is 1. The van der Waals surface area contributed by atoms with Crippen molar-refractivity contribution in [2.45, 2.75) is 6.92 Å². The lowest BCUT2D eigenvalue weighted by atomic mass is 10.2. The number of nitrogens with one attached hydrogen (secondary N) is 1. The molecule has 0 saturated heterocycles. The zero-order chi connectivity index (χ0) is 18.8. The van der Waals surface area contributed by atoms with Crippen molar-refractivity contribution in [2.24, 2.45) is 0 Å². The lowest BCUT2D eigenvalue weighted by Gasteiger charge is -2.12. The summed E-state index contributed by atoms with van der Waals surface area (Å²) in [4.78, 5) is 17.0. The van der Waals surface area contributed by atoms with Crippen LogP contribution in [0.1, 0.15) is 15.4 Å². The van der Waals surface area contributed by atoms with Gasteiger partial charge in [-0.3, -0.25) is 4.79 Å². The Kier molecular flexibility index (Phi) is 5.53. The van der Waals surface area contributed by atoms with Gasteiger partial charge in [0.05, 0.1) is 31.9 Å². The van der Waals surface area contributed by atoms with Crippen LogP contribution in [0.4, 0.5) is 10.8 Å². The molecule has 8 nitrogen and oxygen atoms in total. The number of thiazole rings is 1. The zero-order valence-electron chi connectivity index (χ0n) is 14.5. The molecule has 0 spiro atoms.